The number of hydrogen-bond donors (Lipinski definition) is 0. The summed E-state index contributed by atoms with van der Waals surface area (Å²) in [5.41, 5.74) is 0. The molecule has 0 aliphatic carbocycles. The fourth-order valence-corrected chi connectivity index (χ4v) is 0.970. The van der Waals surface area contributed by atoms with Crippen molar-refractivity contribution in [3.05, 3.63) is 0 Å². The first kappa shape index (κ1) is 23.4. The third-order valence-corrected chi connectivity index (χ3v) is 2.25. The van der Waals surface area contributed by atoms with Crippen LogP contribution in [-0.4, -0.2) is 48.4 Å². The molecule has 0 atom stereocenters. The van der Waals surface area contributed by atoms with Crippen LogP contribution >= 0.6 is 0 Å². The highest BCUT2D eigenvalue weighted by Crippen LogP contribution is 2.50. The van der Waals surface area contributed by atoms with Crippen molar-refractivity contribution in [3.8, 4) is 0 Å². The zero-order valence-corrected chi connectivity index (χ0v) is 10.6. The van der Waals surface area contributed by atoms with Gasteiger partial charge >= 0.3 is 42.3 Å². The van der Waals surface area contributed by atoms with Gasteiger partial charge in [-0.15, -0.1) is 0 Å². The molecular weight excluding hydrogens is 413 g/mol. The number of carbonyl (C=O) groups excluding carboxylic acids is 1. The van der Waals surface area contributed by atoms with E-state index in [1.54, 1.807) is 0 Å². The quantitative estimate of drug-likeness (QED) is 0.501. The zero-order chi connectivity index (χ0) is 20.9. The third-order valence-electron chi connectivity index (χ3n) is 2.25. The Morgan fingerprint density at radius 2 is 0.840 bits per heavy atom. The molecule has 0 unspecified atom stereocenters. The zero-order valence-electron chi connectivity index (χ0n) is 10.6. The largest absolute Gasteiger partial charge is 0.465 e. The van der Waals surface area contributed by atoms with E-state index in [0.29, 0.717) is 0 Å². The Hall–Kier alpha value is -1.58. The van der Waals surface area contributed by atoms with E-state index in [0.717, 1.165) is 0 Å². The molecule has 0 aromatic heterocycles. The van der Waals surface area contributed by atoms with Crippen molar-refractivity contribution in [2.75, 3.05) is 0 Å². The number of alkyl halides is 15. The van der Waals surface area contributed by atoms with Crippen LogP contribution in [-0.2, 0) is 9.53 Å². The van der Waals surface area contributed by atoms with Gasteiger partial charge < -0.3 is 4.74 Å². The lowest BCUT2D eigenvalue weighted by molar-refractivity contribution is -0.388. The summed E-state index contributed by atoms with van der Waals surface area (Å²) in [6.07, 6.45) is -27.8. The fraction of sp³-hybridized carbons (Fsp3) is 0.875. The third kappa shape index (κ3) is 4.16. The molecule has 0 aromatic carbocycles. The van der Waals surface area contributed by atoms with E-state index >= 15 is 0 Å². The Morgan fingerprint density at radius 1 is 0.560 bits per heavy atom. The molecule has 0 rings (SSSR count). The maximum Gasteiger partial charge on any atom is 0.465 e. The summed E-state index contributed by atoms with van der Waals surface area (Å²) in [4.78, 5) is 10.4. The predicted octanol–water partition coefficient (Wildman–Crippen LogP) is 4.49. The molecule has 0 N–H and O–H groups in total. The van der Waals surface area contributed by atoms with E-state index < -0.39 is 48.4 Å². The molecule has 0 bridgehead atoms. The summed E-state index contributed by atoms with van der Waals surface area (Å²) in [7, 11) is 0. The molecule has 0 aromatic rings. The van der Waals surface area contributed by atoms with Gasteiger partial charge in [0.05, 0.1) is 0 Å². The van der Waals surface area contributed by atoms with Crippen molar-refractivity contribution < 1.29 is 75.4 Å². The van der Waals surface area contributed by atoms with Crippen LogP contribution in [0.1, 0.15) is 0 Å². The summed E-state index contributed by atoms with van der Waals surface area (Å²) in [5.74, 6) is -26.2. The minimum Gasteiger partial charge on any atom is -0.444 e. The molecule has 0 saturated carbocycles. The molecule has 2 nitrogen and oxygen atoms in total. The van der Waals surface area contributed by atoms with Crippen molar-refractivity contribution in [3.63, 3.8) is 0 Å². The first-order valence-corrected chi connectivity index (χ1v) is 5.06. The van der Waals surface area contributed by atoms with Crippen LogP contribution in [0.4, 0.5) is 65.9 Å². The van der Waals surface area contributed by atoms with E-state index in [1.165, 1.54) is 0 Å². The minimum absolute atomic E-state index is 1.98. The number of carbonyl (C=O) groups is 1. The van der Waals surface area contributed by atoms with Crippen molar-refractivity contribution in [2.24, 2.45) is 0 Å². The van der Waals surface area contributed by atoms with Gasteiger partial charge in [-0.05, 0) is 0 Å². The van der Waals surface area contributed by atoms with Crippen LogP contribution < -0.4 is 0 Å². The molecule has 0 amide bonds. The highest BCUT2D eigenvalue weighted by molar-refractivity contribution is 5.79. The second-order valence-electron chi connectivity index (χ2n) is 4.10. The molecular formula is C8HF15O2. The van der Waals surface area contributed by atoms with E-state index in [9.17, 15) is 70.7 Å². The van der Waals surface area contributed by atoms with E-state index in [1.807, 2.05) is 4.74 Å². The summed E-state index contributed by atoms with van der Waals surface area (Å²) < 4.78 is 185. The smallest absolute Gasteiger partial charge is 0.444 e. The molecule has 0 heterocycles. The highest BCUT2D eigenvalue weighted by atomic mass is 19.4. The van der Waals surface area contributed by atoms with Crippen molar-refractivity contribution in [2.45, 2.75) is 42.4 Å². The highest BCUT2D eigenvalue weighted by Gasteiger charge is 2.79. The van der Waals surface area contributed by atoms with Crippen LogP contribution in [0.3, 0.4) is 0 Å². The topological polar surface area (TPSA) is 26.3 Å². The van der Waals surface area contributed by atoms with Gasteiger partial charge in [-0.25, -0.2) is 4.79 Å². The van der Waals surface area contributed by atoms with Crippen molar-refractivity contribution >= 4 is 5.97 Å². The Balaban J connectivity index is 6.19. The first-order chi connectivity index (χ1) is 10.5. The van der Waals surface area contributed by atoms with Gasteiger partial charge in [-0.1, -0.05) is 0 Å². The lowest BCUT2D eigenvalue weighted by Gasteiger charge is -2.34. The summed E-state index contributed by atoms with van der Waals surface area (Å²) in [6.45, 7) is 0. The van der Waals surface area contributed by atoms with Gasteiger partial charge in [0, 0.05) is 0 Å². The minimum atomic E-state index is -7.34. The van der Waals surface area contributed by atoms with Crippen molar-refractivity contribution in [1.82, 2.24) is 0 Å². The number of esters is 1. The van der Waals surface area contributed by atoms with E-state index in [2.05, 4.69) is 0 Å². The molecule has 150 valence electrons. The van der Waals surface area contributed by atoms with Crippen molar-refractivity contribution in [1.29, 1.82) is 0 Å². The van der Waals surface area contributed by atoms with Gasteiger partial charge in [0.2, 0.25) is 6.10 Å². The van der Waals surface area contributed by atoms with Crippen LogP contribution in [0.2, 0.25) is 0 Å². The molecule has 25 heavy (non-hydrogen) atoms. The molecule has 0 aliphatic rings. The van der Waals surface area contributed by atoms with Crippen LogP contribution in [0.25, 0.3) is 0 Å². The van der Waals surface area contributed by atoms with Gasteiger partial charge in [-0.3, -0.25) is 0 Å². The summed E-state index contributed by atoms with van der Waals surface area (Å²) in [6, 6.07) is 0. The van der Waals surface area contributed by atoms with Gasteiger partial charge in [-0.2, -0.15) is 65.9 Å². The van der Waals surface area contributed by atoms with Gasteiger partial charge in [0.15, 0.2) is 0 Å². The van der Waals surface area contributed by atoms with Gasteiger partial charge in [0.25, 0.3) is 0 Å². The molecule has 0 aliphatic heterocycles. The second kappa shape index (κ2) is 6.00. The fourth-order valence-electron chi connectivity index (χ4n) is 0.970. The normalized spacial score (nSPS) is 15.5. The van der Waals surface area contributed by atoms with E-state index in [4.69, 9.17) is 0 Å². The Bertz CT molecular complexity index is 469. The molecule has 0 saturated heterocycles. The average Bonchev–Trinajstić information content (AvgIpc) is 2.30. The average molecular weight is 414 g/mol. The Kier molecular flexibility index (Phi) is 5.62. The standard InChI is InChI=1S/C8HF15O2/c9-3(10,6(15,16)17)1(4(11,12)7(18,19)20)25-2(24)5(13,14)8(21,22)23/h1H. The Labute approximate surface area is 125 Å². The predicted molar refractivity (Wildman–Crippen MR) is 42.9 cm³/mol. The van der Waals surface area contributed by atoms with E-state index in [-0.39, 0.29) is 0 Å². The maximum absolute atomic E-state index is 12.8. The number of halogens is 15. The molecule has 0 fully saturated rings. The molecule has 17 heteroatoms. The SMILES string of the molecule is O=C(OC(C(F)(F)C(F)(F)F)C(F)(F)C(F)(F)F)C(F)(F)C(F)(F)F. The van der Waals surface area contributed by atoms with Crippen LogP contribution in [0.15, 0.2) is 0 Å². The lowest BCUT2D eigenvalue weighted by Crippen LogP contribution is -2.63. The summed E-state index contributed by atoms with van der Waals surface area (Å²) in [5, 5.41) is 0. The lowest BCUT2D eigenvalue weighted by atomic mass is 10.0. The molecule has 0 radical (unpaired) electrons. The summed E-state index contributed by atoms with van der Waals surface area (Å²) >= 11 is 0. The first-order valence-electron chi connectivity index (χ1n) is 5.06. The number of rotatable bonds is 4. The Morgan fingerprint density at radius 3 is 1.04 bits per heavy atom. The number of hydrogen-bond acceptors (Lipinski definition) is 2. The monoisotopic (exact) mass is 414 g/mol. The second-order valence-corrected chi connectivity index (χ2v) is 4.10. The van der Waals surface area contributed by atoms with Crippen LogP contribution in [0.5, 0.6) is 0 Å². The number of ether oxygens (including phenoxy) is 1. The van der Waals surface area contributed by atoms with Crippen LogP contribution in [0, 0.1) is 0 Å². The van der Waals surface area contributed by atoms with Gasteiger partial charge in [0.1, 0.15) is 0 Å². The maximum atomic E-state index is 12.8. The molecule has 0 spiro atoms.